The monoisotopic (exact) mass is 399 g/mol. The molecule has 0 saturated heterocycles. The molecule has 0 amide bonds. The number of hydrogen-bond donors (Lipinski definition) is 1. The topological polar surface area (TPSA) is 85.2 Å². The average Bonchev–Trinajstić information content (AvgIpc) is 3.44. The van der Waals surface area contributed by atoms with Crippen molar-refractivity contribution >= 4 is 0 Å². The molecule has 1 N–H and O–H groups in total. The van der Waals surface area contributed by atoms with E-state index in [1.54, 1.807) is 0 Å². The minimum atomic E-state index is 0.591. The number of nitrogens with one attached hydrogen (secondary N) is 1. The van der Waals surface area contributed by atoms with Gasteiger partial charge in [0.2, 0.25) is 5.82 Å². The Morgan fingerprint density at radius 1 is 1.07 bits per heavy atom. The fourth-order valence-corrected chi connectivity index (χ4v) is 3.47. The quantitative estimate of drug-likeness (QED) is 0.425. The van der Waals surface area contributed by atoms with E-state index in [0.29, 0.717) is 5.82 Å². The third-order valence-electron chi connectivity index (χ3n) is 4.95. The van der Waals surface area contributed by atoms with Crippen LogP contribution in [0, 0.1) is 0 Å². The first-order valence-electron chi connectivity index (χ1n) is 10.2. The molecule has 0 atom stereocenters. The van der Waals surface area contributed by atoms with Gasteiger partial charge in [-0.25, -0.2) is 9.67 Å². The average molecular weight is 400 g/mol. The molecule has 0 saturated carbocycles. The highest BCUT2D eigenvalue weighted by atomic mass is 15.5. The van der Waals surface area contributed by atoms with Crippen LogP contribution in [-0.2, 0) is 19.4 Å². The number of rotatable bonds is 9. The van der Waals surface area contributed by atoms with E-state index >= 15 is 0 Å². The van der Waals surface area contributed by atoms with Crippen LogP contribution in [0.15, 0.2) is 61.2 Å². The summed E-state index contributed by atoms with van der Waals surface area (Å²) in [5.41, 5.74) is 4.34. The van der Waals surface area contributed by atoms with Crippen LogP contribution in [0.1, 0.15) is 37.0 Å². The van der Waals surface area contributed by atoms with Crippen molar-refractivity contribution in [3.05, 3.63) is 78.4 Å². The summed E-state index contributed by atoms with van der Waals surface area (Å²) in [6.07, 6.45) is 5.49. The highest BCUT2D eigenvalue weighted by Crippen LogP contribution is 2.29. The van der Waals surface area contributed by atoms with Gasteiger partial charge in [-0.15, -0.1) is 16.8 Å². The number of allylic oxidation sites excluding steroid dienone is 1. The predicted molar refractivity (Wildman–Crippen MR) is 117 cm³/mol. The number of aromatic nitrogens is 7. The summed E-state index contributed by atoms with van der Waals surface area (Å²) >= 11 is 0. The zero-order valence-electron chi connectivity index (χ0n) is 17.1. The summed E-state index contributed by atoms with van der Waals surface area (Å²) in [5, 5.41) is 19.1. The van der Waals surface area contributed by atoms with Crippen molar-refractivity contribution in [3.63, 3.8) is 0 Å². The zero-order chi connectivity index (χ0) is 20.8. The summed E-state index contributed by atoms with van der Waals surface area (Å²) in [7, 11) is 0. The molecule has 0 bridgehead atoms. The van der Waals surface area contributed by atoms with E-state index in [9.17, 15) is 0 Å². The van der Waals surface area contributed by atoms with E-state index < -0.39 is 0 Å². The van der Waals surface area contributed by atoms with Crippen molar-refractivity contribution < 1.29 is 0 Å². The van der Waals surface area contributed by atoms with Crippen LogP contribution in [0.3, 0.4) is 0 Å². The first kappa shape index (κ1) is 19.7. The lowest BCUT2D eigenvalue weighted by Crippen LogP contribution is -2.06. The first-order chi connectivity index (χ1) is 14.8. The second-order valence-electron chi connectivity index (χ2n) is 7.15. The van der Waals surface area contributed by atoms with Gasteiger partial charge in [-0.3, -0.25) is 0 Å². The van der Waals surface area contributed by atoms with Crippen LogP contribution in [0.25, 0.3) is 22.5 Å². The third-order valence-corrected chi connectivity index (χ3v) is 4.95. The van der Waals surface area contributed by atoms with Crippen molar-refractivity contribution in [1.82, 2.24) is 35.4 Å². The summed E-state index contributed by atoms with van der Waals surface area (Å²) in [5.74, 6) is 2.51. The Balaban J connectivity index is 1.58. The maximum Gasteiger partial charge on any atom is 0.205 e. The van der Waals surface area contributed by atoms with E-state index in [4.69, 9.17) is 4.98 Å². The zero-order valence-corrected chi connectivity index (χ0v) is 17.1. The molecule has 0 fully saturated rings. The maximum atomic E-state index is 4.77. The van der Waals surface area contributed by atoms with Gasteiger partial charge < -0.3 is 0 Å². The molecule has 4 aromatic rings. The summed E-state index contributed by atoms with van der Waals surface area (Å²) in [6.45, 7) is 6.78. The smallest absolute Gasteiger partial charge is 0.205 e. The predicted octanol–water partition coefficient (Wildman–Crippen LogP) is 4.24. The van der Waals surface area contributed by atoms with Gasteiger partial charge in [-0.2, -0.15) is 10.3 Å². The lowest BCUT2D eigenvalue weighted by atomic mass is 9.98. The van der Waals surface area contributed by atoms with Gasteiger partial charge in [-0.1, -0.05) is 61.5 Å². The molecule has 2 heterocycles. The molecule has 0 radical (unpaired) electrons. The highest BCUT2D eigenvalue weighted by Gasteiger charge is 2.12. The van der Waals surface area contributed by atoms with Crippen molar-refractivity contribution in [2.24, 2.45) is 0 Å². The molecule has 4 rings (SSSR count). The van der Waals surface area contributed by atoms with Gasteiger partial charge in [0.05, 0.1) is 0 Å². The number of nitrogens with zero attached hydrogens (tertiary/aromatic N) is 6. The molecule has 7 nitrogen and oxygen atoms in total. The Morgan fingerprint density at radius 3 is 2.57 bits per heavy atom. The first-order valence-corrected chi connectivity index (χ1v) is 10.2. The Hall–Kier alpha value is -3.61. The van der Waals surface area contributed by atoms with Crippen LogP contribution in [0.2, 0.25) is 0 Å². The number of H-pyrrole nitrogens is 1. The number of tetrazole rings is 1. The van der Waals surface area contributed by atoms with Gasteiger partial charge >= 0.3 is 0 Å². The van der Waals surface area contributed by atoms with Crippen LogP contribution in [0.5, 0.6) is 0 Å². The largest absolute Gasteiger partial charge is 0.249 e. The van der Waals surface area contributed by atoms with Gasteiger partial charge in [0.15, 0.2) is 5.82 Å². The Labute approximate surface area is 175 Å². The lowest BCUT2D eigenvalue weighted by molar-refractivity contribution is 0.587. The van der Waals surface area contributed by atoms with E-state index in [-0.39, 0.29) is 0 Å². The summed E-state index contributed by atoms with van der Waals surface area (Å²) < 4.78 is 2.02. The molecule has 0 aliphatic carbocycles. The number of benzene rings is 2. The highest BCUT2D eigenvalue weighted by molar-refractivity contribution is 5.80. The van der Waals surface area contributed by atoms with Crippen LogP contribution in [0.4, 0.5) is 0 Å². The molecule has 2 aromatic carbocycles. The molecule has 0 aliphatic rings. The third kappa shape index (κ3) is 4.35. The van der Waals surface area contributed by atoms with Crippen LogP contribution in [-0.4, -0.2) is 35.4 Å². The Kier molecular flexibility index (Phi) is 6.08. The Morgan fingerprint density at radius 2 is 1.87 bits per heavy atom. The standard InChI is InChI=1S/C23H25N7/c1-3-5-15-30-22(24-21(27-30)8-4-2)16-17-11-13-18(14-12-17)19-9-6-7-10-20(19)23-25-28-29-26-23/h3,6-7,9-14H,1,4-5,8,15-16H2,2H3,(H,25,26,28,29). The molecule has 2 aromatic heterocycles. The Bertz CT molecular complexity index is 1100. The van der Waals surface area contributed by atoms with Crippen LogP contribution < -0.4 is 0 Å². The van der Waals surface area contributed by atoms with Gasteiger partial charge in [-0.05, 0) is 34.7 Å². The maximum absolute atomic E-state index is 4.77. The fraction of sp³-hybridized carbons (Fsp3) is 0.261. The number of aromatic amines is 1. The van der Waals surface area contributed by atoms with E-state index in [2.05, 4.69) is 69.6 Å². The van der Waals surface area contributed by atoms with Crippen LogP contribution >= 0.6 is 0 Å². The van der Waals surface area contributed by atoms with Gasteiger partial charge in [0.1, 0.15) is 5.82 Å². The molecule has 7 heteroatoms. The van der Waals surface area contributed by atoms with Crippen molar-refractivity contribution in [2.75, 3.05) is 0 Å². The fourth-order valence-electron chi connectivity index (χ4n) is 3.47. The second-order valence-corrected chi connectivity index (χ2v) is 7.15. The normalized spacial score (nSPS) is 11.0. The molecular formula is C23H25N7. The van der Waals surface area contributed by atoms with Gasteiger partial charge in [0.25, 0.3) is 0 Å². The molecule has 0 spiro atoms. The SMILES string of the molecule is C=CCCn1nc(CCC)nc1Cc1ccc(-c2ccccc2-c2nn[nH]n2)cc1. The van der Waals surface area contributed by atoms with Crippen molar-refractivity contribution in [1.29, 1.82) is 0 Å². The van der Waals surface area contributed by atoms with E-state index in [0.717, 1.165) is 60.6 Å². The number of aryl methyl sites for hydroxylation is 2. The molecule has 0 unspecified atom stereocenters. The number of hydrogen-bond acceptors (Lipinski definition) is 5. The minimum absolute atomic E-state index is 0.591. The minimum Gasteiger partial charge on any atom is -0.249 e. The molecular weight excluding hydrogens is 374 g/mol. The molecule has 0 aliphatic heterocycles. The lowest BCUT2D eigenvalue weighted by Gasteiger charge is -2.08. The van der Waals surface area contributed by atoms with Crippen molar-refractivity contribution in [2.45, 2.75) is 39.2 Å². The summed E-state index contributed by atoms with van der Waals surface area (Å²) in [6, 6.07) is 16.6. The van der Waals surface area contributed by atoms with Gasteiger partial charge in [0, 0.05) is 24.9 Å². The van der Waals surface area contributed by atoms with E-state index in [1.807, 2.05) is 29.0 Å². The van der Waals surface area contributed by atoms with E-state index in [1.165, 1.54) is 5.56 Å². The molecule has 152 valence electrons. The molecule has 30 heavy (non-hydrogen) atoms. The van der Waals surface area contributed by atoms with Crippen molar-refractivity contribution in [3.8, 4) is 22.5 Å². The summed E-state index contributed by atoms with van der Waals surface area (Å²) in [4.78, 5) is 4.77. The second kappa shape index (κ2) is 9.26.